The Morgan fingerprint density at radius 1 is 1.14 bits per heavy atom. The molecule has 2 heterocycles. The zero-order chi connectivity index (χ0) is 19.5. The van der Waals surface area contributed by atoms with Gasteiger partial charge in [-0.05, 0) is 54.1 Å². The Morgan fingerprint density at radius 2 is 1.93 bits per heavy atom. The maximum absolute atomic E-state index is 12.6. The SMILES string of the molecule is COc1ccc(/C=C2/SC(=O)N(CCCc3nc4ccccc4o3)C2=O)cc1. The molecule has 0 radical (unpaired) electrons. The van der Waals surface area contributed by atoms with Gasteiger partial charge in [0.05, 0.1) is 12.0 Å². The number of benzene rings is 2. The summed E-state index contributed by atoms with van der Waals surface area (Å²) < 4.78 is 10.8. The van der Waals surface area contributed by atoms with Gasteiger partial charge in [0.15, 0.2) is 11.5 Å². The molecule has 142 valence electrons. The van der Waals surface area contributed by atoms with Crippen LogP contribution in [0.2, 0.25) is 0 Å². The number of para-hydroxylation sites is 2. The fourth-order valence-electron chi connectivity index (χ4n) is 2.96. The Bertz CT molecular complexity index is 1020. The highest BCUT2D eigenvalue weighted by molar-refractivity contribution is 8.18. The van der Waals surface area contributed by atoms with Gasteiger partial charge >= 0.3 is 0 Å². The maximum atomic E-state index is 12.6. The van der Waals surface area contributed by atoms with Crippen molar-refractivity contribution in [2.45, 2.75) is 12.8 Å². The summed E-state index contributed by atoms with van der Waals surface area (Å²) in [6.45, 7) is 0.337. The third kappa shape index (κ3) is 3.80. The number of fused-ring (bicyclic) bond motifs is 1. The lowest BCUT2D eigenvalue weighted by atomic mass is 10.2. The van der Waals surface area contributed by atoms with Crippen LogP contribution in [0.3, 0.4) is 0 Å². The molecule has 0 saturated carbocycles. The maximum Gasteiger partial charge on any atom is 0.293 e. The van der Waals surface area contributed by atoms with Crippen molar-refractivity contribution < 1.29 is 18.7 Å². The van der Waals surface area contributed by atoms with E-state index in [0.29, 0.717) is 30.2 Å². The van der Waals surface area contributed by atoms with Crippen LogP contribution in [0.25, 0.3) is 17.2 Å². The molecule has 4 rings (SSSR count). The molecule has 7 heteroatoms. The van der Waals surface area contributed by atoms with Gasteiger partial charge in [0.2, 0.25) is 0 Å². The number of carbonyl (C=O) groups excluding carboxylic acids is 2. The molecule has 1 saturated heterocycles. The second-order valence-corrected chi connectivity index (χ2v) is 7.28. The molecule has 3 aromatic rings. The molecule has 2 amide bonds. The van der Waals surface area contributed by atoms with Crippen LogP contribution in [-0.2, 0) is 11.2 Å². The summed E-state index contributed by atoms with van der Waals surface area (Å²) in [5.74, 6) is 1.09. The molecule has 0 unspecified atom stereocenters. The summed E-state index contributed by atoms with van der Waals surface area (Å²) in [7, 11) is 1.60. The lowest BCUT2D eigenvalue weighted by molar-refractivity contribution is -0.122. The Kier molecular flexibility index (Phi) is 5.16. The number of hydrogen-bond acceptors (Lipinski definition) is 6. The minimum atomic E-state index is -0.261. The molecule has 1 aliphatic rings. The van der Waals surface area contributed by atoms with Crippen LogP contribution in [0.4, 0.5) is 4.79 Å². The van der Waals surface area contributed by atoms with Crippen molar-refractivity contribution in [3.63, 3.8) is 0 Å². The highest BCUT2D eigenvalue weighted by atomic mass is 32.2. The first-order valence-corrected chi connectivity index (χ1v) is 9.69. The Labute approximate surface area is 166 Å². The first kappa shape index (κ1) is 18.3. The van der Waals surface area contributed by atoms with Gasteiger partial charge in [-0.3, -0.25) is 14.5 Å². The van der Waals surface area contributed by atoms with Crippen molar-refractivity contribution in [3.8, 4) is 5.75 Å². The Morgan fingerprint density at radius 3 is 2.68 bits per heavy atom. The summed E-state index contributed by atoms with van der Waals surface area (Å²) in [6.07, 6.45) is 2.89. The van der Waals surface area contributed by atoms with E-state index in [9.17, 15) is 9.59 Å². The average Bonchev–Trinajstić information content (AvgIpc) is 3.24. The van der Waals surface area contributed by atoms with E-state index in [4.69, 9.17) is 9.15 Å². The molecule has 1 aliphatic heterocycles. The molecule has 0 N–H and O–H groups in total. The molecular formula is C21H18N2O4S. The first-order chi connectivity index (χ1) is 13.6. The number of methoxy groups -OCH3 is 1. The third-order valence-corrected chi connectivity index (χ3v) is 5.31. The van der Waals surface area contributed by atoms with Gasteiger partial charge in [-0.15, -0.1) is 0 Å². The minimum absolute atomic E-state index is 0.248. The number of imide groups is 1. The molecule has 0 bridgehead atoms. The topological polar surface area (TPSA) is 72.6 Å². The van der Waals surface area contributed by atoms with Gasteiger partial charge in [0, 0.05) is 13.0 Å². The molecular weight excluding hydrogens is 376 g/mol. The van der Waals surface area contributed by atoms with E-state index in [-0.39, 0.29) is 11.1 Å². The van der Waals surface area contributed by atoms with Gasteiger partial charge in [-0.25, -0.2) is 4.98 Å². The van der Waals surface area contributed by atoms with Crippen LogP contribution in [0, 0.1) is 0 Å². The van der Waals surface area contributed by atoms with Crippen molar-refractivity contribution in [2.24, 2.45) is 0 Å². The van der Waals surface area contributed by atoms with E-state index in [1.807, 2.05) is 48.5 Å². The van der Waals surface area contributed by atoms with Crippen molar-refractivity contribution in [3.05, 3.63) is 64.9 Å². The highest BCUT2D eigenvalue weighted by Crippen LogP contribution is 2.32. The number of ether oxygens (including phenoxy) is 1. The molecule has 0 aliphatic carbocycles. The largest absolute Gasteiger partial charge is 0.497 e. The van der Waals surface area contributed by atoms with Crippen LogP contribution in [0.15, 0.2) is 57.9 Å². The van der Waals surface area contributed by atoms with Gasteiger partial charge in [-0.2, -0.15) is 0 Å². The van der Waals surface area contributed by atoms with Crippen LogP contribution in [-0.4, -0.2) is 34.7 Å². The van der Waals surface area contributed by atoms with Crippen molar-refractivity contribution in [2.75, 3.05) is 13.7 Å². The van der Waals surface area contributed by atoms with Crippen LogP contribution < -0.4 is 4.74 Å². The second kappa shape index (κ2) is 7.90. The van der Waals surface area contributed by atoms with Crippen molar-refractivity contribution >= 4 is 40.1 Å². The predicted molar refractivity (Wildman–Crippen MR) is 108 cm³/mol. The smallest absolute Gasteiger partial charge is 0.293 e. The molecule has 2 aromatic carbocycles. The Hall–Kier alpha value is -3.06. The monoisotopic (exact) mass is 394 g/mol. The summed E-state index contributed by atoms with van der Waals surface area (Å²) in [6, 6.07) is 14.9. The molecule has 1 fully saturated rings. The molecule has 0 spiro atoms. The third-order valence-electron chi connectivity index (χ3n) is 4.40. The number of aromatic nitrogens is 1. The van der Waals surface area contributed by atoms with Crippen LogP contribution in [0.1, 0.15) is 17.9 Å². The van der Waals surface area contributed by atoms with Gasteiger partial charge < -0.3 is 9.15 Å². The van der Waals surface area contributed by atoms with Gasteiger partial charge in [-0.1, -0.05) is 24.3 Å². The minimum Gasteiger partial charge on any atom is -0.497 e. The lowest BCUT2D eigenvalue weighted by Gasteiger charge is -2.11. The zero-order valence-corrected chi connectivity index (χ0v) is 16.1. The highest BCUT2D eigenvalue weighted by Gasteiger charge is 2.34. The molecule has 28 heavy (non-hydrogen) atoms. The van der Waals surface area contributed by atoms with Crippen molar-refractivity contribution in [1.29, 1.82) is 0 Å². The molecule has 0 atom stereocenters. The average molecular weight is 394 g/mol. The zero-order valence-electron chi connectivity index (χ0n) is 15.3. The summed E-state index contributed by atoms with van der Waals surface area (Å²) >= 11 is 0.965. The number of amides is 2. The Balaban J connectivity index is 1.38. The lowest BCUT2D eigenvalue weighted by Crippen LogP contribution is -2.29. The number of rotatable bonds is 6. The normalized spacial score (nSPS) is 15.8. The summed E-state index contributed by atoms with van der Waals surface area (Å²) in [4.78, 5) is 30.9. The molecule has 1 aromatic heterocycles. The summed E-state index contributed by atoms with van der Waals surface area (Å²) in [5, 5.41) is -0.248. The van der Waals surface area contributed by atoms with E-state index in [2.05, 4.69) is 4.98 Å². The number of carbonyl (C=O) groups is 2. The van der Waals surface area contributed by atoms with Gasteiger partial charge in [0.25, 0.3) is 11.1 Å². The van der Waals surface area contributed by atoms with E-state index in [1.54, 1.807) is 13.2 Å². The number of thioether (sulfide) groups is 1. The number of aryl methyl sites for hydroxylation is 1. The van der Waals surface area contributed by atoms with Crippen molar-refractivity contribution in [1.82, 2.24) is 9.88 Å². The second-order valence-electron chi connectivity index (χ2n) is 6.29. The van der Waals surface area contributed by atoms with Gasteiger partial charge in [0.1, 0.15) is 11.3 Å². The fourth-order valence-corrected chi connectivity index (χ4v) is 3.82. The molecule has 6 nitrogen and oxygen atoms in total. The number of oxazole rings is 1. The van der Waals surface area contributed by atoms with Crippen LogP contribution in [0.5, 0.6) is 5.75 Å². The predicted octanol–water partition coefficient (Wildman–Crippen LogP) is 4.51. The van der Waals surface area contributed by atoms with E-state index >= 15 is 0 Å². The van der Waals surface area contributed by atoms with E-state index in [0.717, 1.165) is 34.2 Å². The first-order valence-electron chi connectivity index (χ1n) is 8.88. The fraction of sp³-hybridized carbons (Fsp3) is 0.190. The standard InChI is InChI=1S/C21H18N2O4S/c1-26-15-10-8-14(9-11-15)13-18-20(24)23(21(25)28-18)12-4-7-19-22-16-5-2-3-6-17(16)27-19/h2-3,5-6,8-11,13H,4,7,12H2,1H3/b18-13+. The quantitative estimate of drug-likeness (QED) is 0.573. The van der Waals surface area contributed by atoms with E-state index < -0.39 is 0 Å². The van der Waals surface area contributed by atoms with E-state index in [1.165, 1.54) is 4.90 Å². The summed E-state index contributed by atoms with van der Waals surface area (Å²) in [5.41, 5.74) is 2.40. The number of hydrogen-bond donors (Lipinski definition) is 0. The number of nitrogens with zero attached hydrogens (tertiary/aromatic N) is 2. The van der Waals surface area contributed by atoms with Crippen LogP contribution >= 0.6 is 11.8 Å².